The van der Waals surface area contributed by atoms with Crippen molar-refractivity contribution in [2.45, 2.75) is 38.4 Å². The summed E-state index contributed by atoms with van der Waals surface area (Å²) in [4.78, 5) is 42.7. The van der Waals surface area contributed by atoms with Crippen molar-refractivity contribution in [3.8, 4) is 16.9 Å². The number of rotatable bonds is 11. The number of benzene rings is 1. The molecule has 1 saturated carbocycles. The summed E-state index contributed by atoms with van der Waals surface area (Å²) in [7, 11) is 3.10. The summed E-state index contributed by atoms with van der Waals surface area (Å²) in [5.74, 6) is 0.270. The van der Waals surface area contributed by atoms with E-state index in [0.717, 1.165) is 42.5 Å². The predicted molar refractivity (Wildman–Crippen MR) is 163 cm³/mol. The number of anilines is 3. The molecule has 13 heteroatoms. The molecule has 13 nitrogen and oxygen atoms in total. The molecule has 0 unspecified atom stereocenters. The smallest absolute Gasteiger partial charge is 0.273 e. The van der Waals surface area contributed by atoms with Crippen LogP contribution in [-0.4, -0.2) is 74.7 Å². The zero-order valence-electron chi connectivity index (χ0n) is 24.7. The van der Waals surface area contributed by atoms with E-state index in [1.807, 2.05) is 47.4 Å². The third kappa shape index (κ3) is 5.86. The van der Waals surface area contributed by atoms with Crippen LogP contribution in [0.4, 0.5) is 17.2 Å². The number of aldehydes is 1. The maximum absolute atomic E-state index is 12.6. The number of para-hydroxylation sites is 1. The molecule has 226 valence electrons. The van der Waals surface area contributed by atoms with Crippen LogP contribution in [0.1, 0.15) is 52.5 Å². The number of carbonyl (C=O) groups is 3. The van der Waals surface area contributed by atoms with Gasteiger partial charge in [-0.3, -0.25) is 24.0 Å². The van der Waals surface area contributed by atoms with Crippen molar-refractivity contribution in [1.82, 2.24) is 35.2 Å². The normalized spacial score (nSPS) is 17.8. The minimum Gasteiger partial charge on any atom is -0.494 e. The Labute approximate surface area is 254 Å². The maximum atomic E-state index is 12.6. The number of ether oxygens (including phenoxy) is 1. The molecular formula is C31H33N9O4. The van der Waals surface area contributed by atoms with Crippen molar-refractivity contribution in [1.29, 1.82) is 0 Å². The molecule has 1 aromatic carbocycles. The molecule has 4 heterocycles. The van der Waals surface area contributed by atoms with Gasteiger partial charge in [-0.1, -0.05) is 18.2 Å². The second-order valence-electron chi connectivity index (χ2n) is 11.0. The van der Waals surface area contributed by atoms with Gasteiger partial charge in [-0.2, -0.15) is 5.10 Å². The first kappa shape index (κ1) is 28.9. The number of carbonyl (C=O) groups excluding carboxylic acids is 3. The first-order valence-corrected chi connectivity index (χ1v) is 14.4. The van der Waals surface area contributed by atoms with Crippen molar-refractivity contribution >= 4 is 35.3 Å². The first-order valence-electron chi connectivity index (χ1n) is 14.4. The Morgan fingerprint density at radius 2 is 1.93 bits per heavy atom. The number of likely N-dealkylation sites (tertiary alicyclic amines) is 1. The lowest BCUT2D eigenvalue weighted by atomic mass is 9.97. The second-order valence-corrected chi connectivity index (χ2v) is 11.0. The molecule has 4 aromatic rings. The Morgan fingerprint density at radius 1 is 1.11 bits per heavy atom. The molecule has 6 rings (SSSR count). The van der Waals surface area contributed by atoms with Crippen molar-refractivity contribution in [2.24, 2.45) is 5.92 Å². The molecule has 44 heavy (non-hydrogen) atoms. The minimum atomic E-state index is -0.424. The Bertz CT molecular complexity index is 1720. The highest BCUT2D eigenvalue weighted by Crippen LogP contribution is 2.39. The van der Waals surface area contributed by atoms with Gasteiger partial charge >= 0.3 is 0 Å². The van der Waals surface area contributed by atoms with Crippen LogP contribution in [0.2, 0.25) is 0 Å². The van der Waals surface area contributed by atoms with Gasteiger partial charge < -0.3 is 20.7 Å². The number of hydrogen-bond donors (Lipinski definition) is 3. The van der Waals surface area contributed by atoms with E-state index in [0.29, 0.717) is 29.4 Å². The average molecular weight is 596 g/mol. The van der Waals surface area contributed by atoms with E-state index < -0.39 is 5.91 Å². The molecule has 0 spiro atoms. The lowest BCUT2D eigenvalue weighted by Gasteiger charge is -2.46. The van der Waals surface area contributed by atoms with Crippen LogP contribution in [0, 0.1) is 5.92 Å². The van der Waals surface area contributed by atoms with Gasteiger partial charge in [0.15, 0.2) is 17.8 Å². The molecule has 0 bridgehead atoms. The summed E-state index contributed by atoms with van der Waals surface area (Å²) < 4.78 is 7.82. The van der Waals surface area contributed by atoms with Gasteiger partial charge in [0.05, 0.1) is 36.4 Å². The Hall–Kier alpha value is -5.17. The van der Waals surface area contributed by atoms with Crippen LogP contribution in [0.25, 0.3) is 11.1 Å². The van der Waals surface area contributed by atoms with E-state index in [2.05, 4.69) is 48.1 Å². The minimum absolute atomic E-state index is 0.00647. The average Bonchev–Trinajstić information content (AvgIpc) is 3.80. The SMILES string of the molecule is CNC(=O)c1nnc(NC(=O)C2CC2)cc1Nc1cccc(-c2cnn([C@@H]3CN(Cc4cccc(C=O)n4)[C@H]3C)c2)c1OC. The highest BCUT2D eigenvalue weighted by molar-refractivity contribution is 6.00. The van der Waals surface area contributed by atoms with Crippen molar-refractivity contribution in [2.75, 3.05) is 31.3 Å². The molecule has 2 fully saturated rings. The molecule has 2 amide bonds. The van der Waals surface area contributed by atoms with E-state index in [1.165, 1.54) is 7.05 Å². The van der Waals surface area contributed by atoms with Crippen LogP contribution < -0.4 is 20.7 Å². The van der Waals surface area contributed by atoms with Gasteiger partial charge in [-0.25, -0.2) is 4.98 Å². The van der Waals surface area contributed by atoms with Gasteiger partial charge in [-0.15, -0.1) is 10.2 Å². The molecule has 2 aliphatic rings. The van der Waals surface area contributed by atoms with Gasteiger partial charge in [0, 0.05) is 55.5 Å². The summed E-state index contributed by atoms with van der Waals surface area (Å²) in [6, 6.07) is 13.1. The topological polar surface area (TPSA) is 156 Å². The van der Waals surface area contributed by atoms with Crippen LogP contribution in [0.3, 0.4) is 0 Å². The number of methoxy groups -OCH3 is 1. The third-order valence-electron chi connectivity index (χ3n) is 8.04. The Balaban J connectivity index is 1.21. The molecular weight excluding hydrogens is 562 g/mol. The number of nitrogens with zero attached hydrogens (tertiary/aromatic N) is 6. The molecule has 2 atom stereocenters. The van der Waals surface area contributed by atoms with E-state index in [1.54, 1.807) is 19.2 Å². The summed E-state index contributed by atoms with van der Waals surface area (Å²) >= 11 is 0. The van der Waals surface area contributed by atoms with Crippen molar-refractivity contribution < 1.29 is 19.1 Å². The number of amides is 2. The van der Waals surface area contributed by atoms with Gasteiger partial charge in [-0.05, 0) is 38.0 Å². The zero-order chi connectivity index (χ0) is 30.8. The number of aromatic nitrogens is 5. The summed E-state index contributed by atoms with van der Waals surface area (Å²) in [6.07, 6.45) is 6.28. The zero-order valence-corrected chi connectivity index (χ0v) is 24.7. The largest absolute Gasteiger partial charge is 0.494 e. The van der Waals surface area contributed by atoms with Gasteiger partial charge in [0.1, 0.15) is 11.4 Å². The lowest BCUT2D eigenvalue weighted by molar-refractivity contribution is -0.117. The van der Waals surface area contributed by atoms with E-state index in [-0.39, 0.29) is 35.4 Å². The molecule has 3 N–H and O–H groups in total. The third-order valence-corrected chi connectivity index (χ3v) is 8.04. The monoisotopic (exact) mass is 595 g/mol. The van der Waals surface area contributed by atoms with E-state index in [9.17, 15) is 14.4 Å². The van der Waals surface area contributed by atoms with Gasteiger partial charge in [0.25, 0.3) is 5.91 Å². The van der Waals surface area contributed by atoms with Crippen molar-refractivity contribution in [3.05, 3.63) is 71.9 Å². The summed E-state index contributed by atoms with van der Waals surface area (Å²) in [5, 5.41) is 21.4. The van der Waals surface area contributed by atoms with E-state index in [4.69, 9.17) is 4.74 Å². The van der Waals surface area contributed by atoms with Crippen molar-refractivity contribution in [3.63, 3.8) is 0 Å². The van der Waals surface area contributed by atoms with Crippen LogP contribution >= 0.6 is 0 Å². The highest BCUT2D eigenvalue weighted by Gasteiger charge is 2.37. The highest BCUT2D eigenvalue weighted by atomic mass is 16.5. The maximum Gasteiger partial charge on any atom is 0.273 e. The van der Waals surface area contributed by atoms with Crippen LogP contribution in [-0.2, 0) is 11.3 Å². The fraction of sp³-hybridized carbons (Fsp3) is 0.323. The standard InChI is InChI=1S/C31H33N9O4/c1-18-26(16-39(18)15-21-6-4-7-22(17-41)34-21)40-14-20(13-33-40)23-8-5-9-24(29(23)44-3)35-25-12-27(36-30(42)19-10-11-19)37-38-28(25)31(43)32-2/h4-9,12-14,17-19,26H,10-11,15-16H2,1-3H3,(H,32,43)(H2,35,36,37,42)/t18-,26+/m0/s1. The predicted octanol–water partition coefficient (Wildman–Crippen LogP) is 3.45. The molecule has 1 saturated heterocycles. The fourth-order valence-electron chi connectivity index (χ4n) is 5.33. The van der Waals surface area contributed by atoms with Crippen LogP contribution in [0.15, 0.2) is 54.9 Å². The molecule has 1 aliphatic carbocycles. The number of hydrogen-bond acceptors (Lipinski definition) is 10. The number of pyridine rings is 1. The number of nitrogens with one attached hydrogen (secondary N) is 3. The summed E-state index contributed by atoms with van der Waals surface area (Å²) in [5.41, 5.74) is 4.02. The molecule has 1 aliphatic heterocycles. The van der Waals surface area contributed by atoms with E-state index >= 15 is 0 Å². The Morgan fingerprint density at radius 3 is 2.66 bits per heavy atom. The fourth-order valence-corrected chi connectivity index (χ4v) is 5.33. The lowest BCUT2D eigenvalue weighted by Crippen LogP contribution is -2.54. The Kier molecular flexibility index (Phi) is 8.03. The quantitative estimate of drug-likeness (QED) is 0.220. The molecule has 3 aromatic heterocycles. The summed E-state index contributed by atoms with van der Waals surface area (Å²) in [6.45, 7) is 3.60. The van der Waals surface area contributed by atoms with Gasteiger partial charge in [0.2, 0.25) is 5.91 Å². The molecule has 0 radical (unpaired) electrons. The second kappa shape index (κ2) is 12.2. The van der Waals surface area contributed by atoms with Crippen LogP contribution in [0.5, 0.6) is 5.75 Å². The first-order chi connectivity index (χ1) is 21.4.